The quantitative estimate of drug-likeness (QED) is 0.285. The molecule has 0 aliphatic carbocycles. The number of aromatic amines is 1. The number of benzene rings is 2. The van der Waals surface area contributed by atoms with Gasteiger partial charge in [0.25, 0.3) is 11.8 Å². The number of H-pyrrole nitrogens is 1. The van der Waals surface area contributed by atoms with E-state index < -0.39 is 5.92 Å². The number of fused-ring (bicyclic) bond motifs is 1. The van der Waals surface area contributed by atoms with Gasteiger partial charge in [-0.2, -0.15) is 5.10 Å². The molecule has 7 nitrogen and oxygen atoms in total. The van der Waals surface area contributed by atoms with Gasteiger partial charge in [0.1, 0.15) is 0 Å². The molecule has 196 valence electrons. The van der Waals surface area contributed by atoms with E-state index in [2.05, 4.69) is 37.6 Å². The highest BCUT2D eigenvalue weighted by molar-refractivity contribution is 6.11. The largest absolute Gasteiger partial charge is 0.319 e. The number of hydrogen-bond donors (Lipinski definition) is 2. The zero-order chi connectivity index (χ0) is 26.8. The van der Waals surface area contributed by atoms with E-state index in [9.17, 15) is 13.6 Å². The number of halogens is 2. The van der Waals surface area contributed by atoms with Crippen molar-refractivity contribution >= 4 is 22.5 Å². The Bertz CT molecular complexity index is 1620. The molecule has 1 fully saturated rings. The van der Waals surface area contributed by atoms with Crippen LogP contribution in [0.15, 0.2) is 85.3 Å². The third kappa shape index (κ3) is 5.68. The van der Waals surface area contributed by atoms with Gasteiger partial charge in [-0.15, -0.1) is 0 Å². The van der Waals surface area contributed by atoms with Crippen LogP contribution in [0.5, 0.6) is 0 Å². The molecule has 2 N–H and O–H groups in total. The number of carbonyl (C=O) groups excluding carboxylic acids is 1. The zero-order valence-electron chi connectivity index (χ0n) is 21.1. The molecule has 0 bridgehead atoms. The predicted octanol–water partition coefficient (Wildman–Crippen LogP) is 5.70. The summed E-state index contributed by atoms with van der Waals surface area (Å²) < 4.78 is 27.2. The second-order valence-electron chi connectivity index (χ2n) is 9.89. The van der Waals surface area contributed by atoms with E-state index in [-0.39, 0.29) is 24.6 Å². The van der Waals surface area contributed by atoms with Gasteiger partial charge in [0.2, 0.25) is 0 Å². The first-order valence-electron chi connectivity index (χ1n) is 12.7. The summed E-state index contributed by atoms with van der Waals surface area (Å²) in [5, 5.41) is 10.7. The standard InChI is InChI=1S/C30H26F2N6O/c31-30(32)10-11-38(19-30)18-21-12-23(16-33-15-21)22-6-9-27-26(14-22)28(37-36-27)29(39)35-25-8-7-24(34-17-25)13-20-4-2-1-3-5-20/h1-9,12,14-17H,10-11,13,18-19H2,(H,35,39)(H,36,37). The normalized spacial score (nSPS) is 15.0. The van der Waals surface area contributed by atoms with Crippen molar-refractivity contribution in [1.82, 2.24) is 25.1 Å². The van der Waals surface area contributed by atoms with Gasteiger partial charge in [-0.3, -0.25) is 24.8 Å². The van der Waals surface area contributed by atoms with Crippen LogP contribution in [0.25, 0.3) is 22.0 Å². The minimum absolute atomic E-state index is 0.115. The molecule has 3 aromatic heterocycles. The maximum atomic E-state index is 13.6. The SMILES string of the molecule is O=C(Nc1ccc(Cc2ccccc2)nc1)c1n[nH]c2ccc(-c3cncc(CN4CCC(F)(F)C4)c3)cc12. The topological polar surface area (TPSA) is 86.8 Å². The predicted molar refractivity (Wildman–Crippen MR) is 146 cm³/mol. The molecular weight excluding hydrogens is 498 g/mol. The van der Waals surface area contributed by atoms with Crippen LogP contribution in [0, 0.1) is 0 Å². The van der Waals surface area contributed by atoms with Crippen molar-refractivity contribution in [2.24, 2.45) is 0 Å². The van der Waals surface area contributed by atoms with E-state index in [1.165, 1.54) is 5.56 Å². The van der Waals surface area contributed by atoms with Gasteiger partial charge in [-0.1, -0.05) is 36.4 Å². The Balaban J connectivity index is 1.18. The van der Waals surface area contributed by atoms with Gasteiger partial charge in [0, 0.05) is 55.0 Å². The van der Waals surface area contributed by atoms with E-state index in [1.807, 2.05) is 54.6 Å². The van der Waals surface area contributed by atoms with Crippen LogP contribution in [0.3, 0.4) is 0 Å². The van der Waals surface area contributed by atoms with Crippen LogP contribution in [0.1, 0.15) is 33.7 Å². The highest BCUT2D eigenvalue weighted by Crippen LogP contribution is 2.29. The average Bonchev–Trinajstić information content (AvgIpc) is 3.52. The molecule has 1 aliphatic rings. The lowest BCUT2D eigenvalue weighted by Gasteiger charge is -2.15. The first-order chi connectivity index (χ1) is 18.9. The maximum Gasteiger partial charge on any atom is 0.276 e. The first kappa shape index (κ1) is 24.8. The minimum Gasteiger partial charge on any atom is -0.319 e. The third-order valence-corrected chi connectivity index (χ3v) is 6.87. The molecule has 1 aliphatic heterocycles. The number of anilines is 1. The van der Waals surface area contributed by atoms with Crippen molar-refractivity contribution in [3.8, 4) is 11.1 Å². The smallest absolute Gasteiger partial charge is 0.276 e. The monoisotopic (exact) mass is 524 g/mol. The maximum absolute atomic E-state index is 13.6. The molecule has 0 radical (unpaired) electrons. The fourth-order valence-corrected chi connectivity index (χ4v) is 4.90. The summed E-state index contributed by atoms with van der Waals surface area (Å²) in [7, 11) is 0. The highest BCUT2D eigenvalue weighted by atomic mass is 19.3. The molecule has 0 spiro atoms. The Labute approximate surface area is 223 Å². The minimum atomic E-state index is -2.63. The molecule has 0 atom stereocenters. The number of carbonyl (C=O) groups is 1. The van der Waals surface area contributed by atoms with Gasteiger partial charge in [-0.05, 0) is 47.0 Å². The summed E-state index contributed by atoms with van der Waals surface area (Å²) in [5.74, 6) is -2.98. The molecule has 1 amide bonds. The van der Waals surface area contributed by atoms with E-state index in [0.29, 0.717) is 30.6 Å². The summed E-state index contributed by atoms with van der Waals surface area (Å²) in [4.78, 5) is 23.7. The van der Waals surface area contributed by atoms with Gasteiger partial charge in [-0.25, -0.2) is 8.78 Å². The van der Waals surface area contributed by atoms with Crippen LogP contribution in [-0.4, -0.2) is 50.0 Å². The Morgan fingerprint density at radius 1 is 0.974 bits per heavy atom. The Hall–Kier alpha value is -4.50. The number of alkyl halides is 2. The van der Waals surface area contributed by atoms with Crippen LogP contribution >= 0.6 is 0 Å². The molecule has 2 aromatic carbocycles. The molecule has 9 heteroatoms. The molecule has 4 heterocycles. The summed E-state index contributed by atoms with van der Waals surface area (Å²) in [6.07, 6.45) is 5.67. The summed E-state index contributed by atoms with van der Waals surface area (Å²) in [5.41, 5.74) is 6.19. The second kappa shape index (κ2) is 10.3. The van der Waals surface area contributed by atoms with Crippen molar-refractivity contribution in [3.05, 3.63) is 108 Å². The first-order valence-corrected chi connectivity index (χ1v) is 12.7. The number of amides is 1. The van der Waals surface area contributed by atoms with Gasteiger partial charge < -0.3 is 5.32 Å². The fourth-order valence-electron chi connectivity index (χ4n) is 4.90. The molecular formula is C30H26F2N6O. The molecule has 0 saturated carbocycles. The van der Waals surface area contributed by atoms with Crippen molar-refractivity contribution in [2.75, 3.05) is 18.4 Å². The average molecular weight is 525 g/mol. The number of aromatic nitrogens is 4. The molecule has 39 heavy (non-hydrogen) atoms. The van der Waals surface area contributed by atoms with Crippen molar-refractivity contribution in [2.45, 2.75) is 25.3 Å². The Kier molecular flexibility index (Phi) is 6.58. The second-order valence-corrected chi connectivity index (χ2v) is 9.89. The van der Waals surface area contributed by atoms with E-state index >= 15 is 0 Å². The lowest BCUT2D eigenvalue weighted by Crippen LogP contribution is -2.24. The number of nitrogens with one attached hydrogen (secondary N) is 2. The number of hydrogen-bond acceptors (Lipinski definition) is 5. The van der Waals surface area contributed by atoms with E-state index in [0.717, 1.165) is 27.9 Å². The third-order valence-electron chi connectivity index (χ3n) is 6.87. The number of nitrogens with zero attached hydrogens (tertiary/aromatic N) is 4. The fraction of sp³-hybridized carbons (Fsp3) is 0.200. The zero-order valence-corrected chi connectivity index (χ0v) is 21.1. The van der Waals surface area contributed by atoms with Crippen molar-refractivity contribution in [3.63, 3.8) is 0 Å². The van der Waals surface area contributed by atoms with E-state index in [4.69, 9.17) is 0 Å². The number of pyridine rings is 2. The Morgan fingerprint density at radius 2 is 1.85 bits per heavy atom. The number of rotatable bonds is 7. The van der Waals surface area contributed by atoms with Crippen LogP contribution in [0.4, 0.5) is 14.5 Å². The lowest BCUT2D eigenvalue weighted by atomic mass is 10.0. The molecule has 5 aromatic rings. The van der Waals surface area contributed by atoms with E-state index in [1.54, 1.807) is 23.5 Å². The summed E-state index contributed by atoms with van der Waals surface area (Å²) in [6, 6.07) is 21.4. The molecule has 0 unspecified atom stereocenters. The van der Waals surface area contributed by atoms with Crippen molar-refractivity contribution in [1.29, 1.82) is 0 Å². The molecule has 6 rings (SSSR count). The van der Waals surface area contributed by atoms with Crippen molar-refractivity contribution < 1.29 is 13.6 Å². The molecule has 1 saturated heterocycles. The Morgan fingerprint density at radius 3 is 2.62 bits per heavy atom. The van der Waals surface area contributed by atoms with Crippen LogP contribution in [-0.2, 0) is 13.0 Å². The van der Waals surface area contributed by atoms with Crippen LogP contribution < -0.4 is 5.32 Å². The van der Waals surface area contributed by atoms with Gasteiger partial charge in [0.15, 0.2) is 5.69 Å². The highest BCUT2D eigenvalue weighted by Gasteiger charge is 2.37. The summed E-state index contributed by atoms with van der Waals surface area (Å²) in [6.45, 7) is 0.542. The van der Waals surface area contributed by atoms with Gasteiger partial charge in [0.05, 0.1) is 23.9 Å². The van der Waals surface area contributed by atoms with Gasteiger partial charge >= 0.3 is 0 Å². The van der Waals surface area contributed by atoms with Crippen LogP contribution in [0.2, 0.25) is 0 Å². The number of likely N-dealkylation sites (tertiary alicyclic amines) is 1. The lowest BCUT2D eigenvalue weighted by molar-refractivity contribution is 0.0115. The summed E-state index contributed by atoms with van der Waals surface area (Å²) >= 11 is 0.